The van der Waals surface area contributed by atoms with E-state index in [1.54, 1.807) is 12.2 Å². The molecule has 0 aromatic rings. The first-order chi connectivity index (χ1) is 7.66. The lowest BCUT2D eigenvalue weighted by Crippen LogP contribution is -2.31. The molecule has 0 radical (unpaired) electrons. The number of hydrogen-bond acceptors (Lipinski definition) is 3. The quantitative estimate of drug-likeness (QED) is 0.317. The van der Waals surface area contributed by atoms with Gasteiger partial charge in [0, 0.05) is 6.08 Å². The van der Waals surface area contributed by atoms with Gasteiger partial charge in [-0.2, -0.15) is 4.89 Å². The van der Waals surface area contributed by atoms with E-state index in [9.17, 15) is 4.79 Å². The SMILES string of the molecule is CC=CC=CC(=O)OOC(C)(C)CC(C)(C)C. The van der Waals surface area contributed by atoms with Crippen molar-refractivity contribution in [3.05, 3.63) is 24.3 Å². The maximum Gasteiger partial charge on any atom is 0.365 e. The Morgan fingerprint density at radius 3 is 2.18 bits per heavy atom. The van der Waals surface area contributed by atoms with Crippen LogP contribution in [0.3, 0.4) is 0 Å². The largest absolute Gasteiger partial charge is 0.365 e. The molecule has 0 saturated heterocycles. The minimum Gasteiger partial charge on any atom is -0.293 e. The lowest BCUT2D eigenvalue weighted by molar-refractivity contribution is -0.326. The van der Waals surface area contributed by atoms with Crippen LogP contribution in [0.25, 0.3) is 0 Å². The van der Waals surface area contributed by atoms with Crippen LogP contribution in [-0.4, -0.2) is 11.6 Å². The smallest absolute Gasteiger partial charge is 0.293 e. The molecule has 0 bridgehead atoms. The van der Waals surface area contributed by atoms with Crippen molar-refractivity contribution in [2.24, 2.45) is 5.41 Å². The highest BCUT2D eigenvalue weighted by molar-refractivity contribution is 5.81. The van der Waals surface area contributed by atoms with Gasteiger partial charge >= 0.3 is 5.97 Å². The second-order valence-corrected chi connectivity index (χ2v) is 5.87. The van der Waals surface area contributed by atoms with Gasteiger partial charge in [-0.1, -0.05) is 39.0 Å². The predicted molar refractivity (Wildman–Crippen MR) is 69.3 cm³/mol. The molecule has 0 amide bonds. The molecule has 0 rings (SSSR count). The third-order valence-corrected chi connectivity index (χ3v) is 1.84. The van der Waals surface area contributed by atoms with E-state index < -0.39 is 11.6 Å². The van der Waals surface area contributed by atoms with Crippen molar-refractivity contribution in [3.63, 3.8) is 0 Å². The maximum atomic E-state index is 11.3. The zero-order chi connectivity index (χ0) is 13.5. The normalized spacial score (nSPS) is 13.5. The molecule has 0 atom stereocenters. The van der Waals surface area contributed by atoms with Gasteiger partial charge in [-0.3, -0.25) is 4.89 Å². The Balaban J connectivity index is 4.14. The Morgan fingerprint density at radius 1 is 1.12 bits per heavy atom. The molecule has 98 valence electrons. The molecule has 0 saturated carbocycles. The molecule has 0 aromatic carbocycles. The molecule has 17 heavy (non-hydrogen) atoms. The van der Waals surface area contributed by atoms with Gasteiger partial charge in [0.1, 0.15) is 5.60 Å². The second kappa shape index (κ2) is 6.60. The zero-order valence-corrected chi connectivity index (χ0v) is 11.7. The minimum atomic E-state index is -0.495. The summed E-state index contributed by atoms with van der Waals surface area (Å²) in [5.41, 5.74) is -0.362. The van der Waals surface area contributed by atoms with E-state index in [1.807, 2.05) is 26.8 Å². The number of carbonyl (C=O) groups excluding carboxylic acids is 1. The van der Waals surface area contributed by atoms with E-state index in [0.717, 1.165) is 6.42 Å². The van der Waals surface area contributed by atoms with Crippen LogP contribution in [0.15, 0.2) is 24.3 Å². The van der Waals surface area contributed by atoms with Crippen molar-refractivity contribution >= 4 is 5.97 Å². The summed E-state index contributed by atoms with van der Waals surface area (Å²) in [6.07, 6.45) is 7.32. The third kappa shape index (κ3) is 9.82. The molecular formula is C14H24O3. The highest BCUT2D eigenvalue weighted by atomic mass is 17.2. The average molecular weight is 240 g/mol. The first-order valence-corrected chi connectivity index (χ1v) is 5.85. The van der Waals surface area contributed by atoms with Gasteiger partial charge in [0.25, 0.3) is 0 Å². The first-order valence-electron chi connectivity index (χ1n) is 5.85. The maximum absolute atomic E-state index is 11.3. The minimum absolute atomic E-state index is 0.122. The first kappa shape index (κ1) is 15.9. The Labute approximate surface area is 104 Å². The van der Waals surface area contributed by atoms with Gasteiger partial charge in [0.05, 0.1) is 0 Å². The molecule has 0 fully saturated rings. The molecule has 0 heterocycles. The van der Waals surface area contributed by atoms with Crippen LogP contribution in [0, 0.1) is 5.41 Å². The summed E-state index contributed by atoms with van der Waals surface area (Å²) >= 11 is 0. The van der Waals surface area contributed by atoms with Crippen molar-refractivity contribution in [2.75, 3.05) is 0 Å². The van der Waals surface area contributed by atoms with Crippen LogP contribution < -0.4 is 0 Å². The van der Waals surface area contributed by atoms with Crippen LogP contribution in [0.1, 0.15) is 48.0 Å². The van der Waals surface area contributed by atoms with Gasteiger partial charge in [0.2, 0.25) is 0 Å². The van der Waals surface area contributed by atoms with E-state index in [4.69, 9.17) is 9.78 Å². The summed E-state index contributed by atoms with van der Waals surface area (Å²) < 4.78 is 0. The fraction of sp³-hybridized carbons (Fsp3) is 0.643. The van der Waals surface area contributed by atoms with Gasteiger partial charge in [-0.15, -0.1) is 0 Å². The summed E-state index contributed by atoms with van der Waals surface area (Å²) in [5.74, 6) is -0.495. The van der Waals surface area contributed by atoms with Crippen LogP contribution in [0.2, 0.25) is 0 Å². The van der Waals surface area contributed by atoms with Crippen LogP contribution >= 0.6 is 0 Å². The van der Waals surface area contributed by atoms with Gasteiger partial charge < -0.3 is 0 Å². The summed E-state index contributed by atoms with van der Waals surface area (Å²) in [4.78, 5) is 21.2. The topological polar surface area (TPSA) is 35.5 Å². The van der Waals surface area contributed by atoms with Crippen LogP contribution in [-0.2, 0) is 14.6 Å². The fourth-order valence-electron chi connectivity index (χ4n) is 1.73. The number of rotatable bonds is 5. The Hall–Kier alpha value is -1.09. The molecule has 0 spiro atoms. The van der Waals surface area contributed by atoms with Crippen molar-refractivity contribution in [1.29, 1.82) is 0 Å². The van der Waals surface area contributed by atoms with E-state index in [0.29, 0.717) is 0 Å². The van der Waals surface area contributed by atoms with E-state index >= 15 is 0 Å². The highest BCUT2D eigenvalue weighted by Crippen LogP contribution is 2.29. The average Bonchev–Trinajstić information content (AvgIpc) is 2.12. The molecule has 0 N–H and O–H groups in total. The van der Waals surface area contributed by atoms with Crippen molar-refractivity contribution in [2.45, 2.75) is 53.6 Å². The molecule has 0 unspecified atom stereocenters. The molecule has 0 aliphatic heterocycles. The summed E-state index contributed by atoms with van der Waals surface area (Å²) in [5, 5.41) is 0. The lowest BCUT2D eigenvalue weighted by Gasteiger charge is -2.30. The second-order valence-electron chi connectivity index (χ2n) is 5.87. The zero-order valence-electron chi connectivity index (χ0n) is 11.7. The van der Waals surface area contributed by atoms with Gasteiger partial charge in [0.15, 0.2) is 0 Å². The number of allylic oxidation sites excluding steroid dienone is 3. The van der Waals surface area contributed by atoms with Crippen LogP contribution in [0.5, 0.6) is 0 Å². The Bertz CT molecular complexity index is 293. The molecular weight excluding hydrogens is 216 g/mol. The number of hydrogen-bond donors (Lipinski definition) is 0. The lowest BCUT2D eigenvalue weighted by atomic mass is 9.84. The number of carbonyl (C=O) groups is 1. The van der Waals surface area contributed by atoms with Crippen molar-refractivity contribution in [3.8, 4) is 0 Å². The van der Waals surface area contributed by atoms with E-state index in [2.05, 4.69) is 20.8 Å². The summed E-state index contributed by atoms with van der Waals surface area (Å²) in [6, 6.07) is 0. The monoisotopic (exact) mass is 240 g/mol. The summed E-state index contributed by atoms with van der Waals surface area (Å²) in [6.45, 7) is 12.0. The molecule has 3 nitrogen and oxygen atoms in total. The van der Waals surface area contributed by atoms with E-state index in [-0.39, 0.29) is 5.41 Å². The fourth-order valence-corrected chi connectivity index (χ4v) is 1.73. The Morgan fingerprint density at radius 2 is 1.71 bits per heavy atom. The van der Waals surface area contributed by atoms with Gasteiger partial charge in [-0.05, 0) is 32.6 Å². The van der Waals surface area contributed by atoms with Crippen LogP contribution in [0.4, 0.5) is 0 Å². The molecule has 0 aliphatic rings. The summed E-state index contributed by atoms with van der Waals surface area (Å²) in [7, 11) is 0. The highest BCUT2D eigenvalue weighted by Gasteiger charge is 2.28. The van der Waals surface area contributed by atoms with Crippen molar-refractivity contribution in [1.82, 2.24) is 0 Å². The van der Waals surface area contributed by atoms with Crippen molar-refractivity contribution < 1.29 is 14.6 Å². The van der Waals surface area contributed by atoms with Gasteiger partial charge in [-0.25, -0.2) is 4.79 Å². The standard InChI is InChI=1S/C14H24O3/c1-7-8-9-10-12(15)16-17-14(5,6)11-13(2,3)4/h7-10H,11H2,1-6H3. The predicted octanol–water partition coefficient (Wildman–Crippen LogP) is 3.81. The third-order valence-electron chi connectivity index (χ3n) is 1.84. The Kier molecular flexibility index (Phi) is 6.18. The van der Waals surface area contributed by atoms with E-state index in [1.165, 1.54) is 6.08 Å². The molecule has 0 aromatic heterocycles. The molecule has 0 aliphatic carbocycles. The molecule has 3 heteroatoms.